The molecule has 0 atom stereocenters. The monoisotopic (exact) mass is 283 g/mol. The second-order valence-electron chi connectivity index (χ2n) is 4.22. The molecule has 1 amide bonds. The summed E-state index contributed by atoms with van der Waals surface area (Å²) in [5.41, 5.74) is 2.93. The number of rotatable bonds is 8. The van der Waals surface area contributed by atoms with E-state index in [9.17, 15) is 14.9 Å². The number of nitrogens with zero attached hydrogens (tertiary/aromatic N) is 6. The van der Waals surface area contributed by atoms with Crippen LogP contribution >= 0.6 is 0 Å². The molecular weight excluding hydrogens is 266 g/mol. The van der Waals surface area contributed by atoms with Gasteiger partial charge in [-0.25, -0.2) is 5.43 Å². The van der Waals surface area contributed by atoms with Crippen LogP contribution in [0.4, 0.5) is 5.95 Å². The average Bonchev–Trinajstić information content (AvgIpc) is 2.85. The molecule has 10 nitrogen and oxygen atoms in total. The van der Waals surface area contributed by atoms with E-state index in [0.717, 1.165) is 24.1 Å². The van der Waals surface area contributed by atoms with Crippen molar-refractivity contribution in [1.82, 2.24) is 25.6 Å². The van der Waals surface area contributed by atoms with Gasteiger partial charge in [0.15, 0.2) is 0 Å². The number of nitro groups is 1. The number of nitrogens with one attached hydrogen (secondary N) is 1. The lowest BCUT2D eigenvalue weighted by molar-refractivity contribution is -0.394. The van der Waals surface area contributed by atoms with Crippen molar-refractivity contribution in [3.8, 4) is 0 Å². The van der Waals surface area contributed by atoms with Gasteiger partial charge in [-0.15, -0.1) is 0 Å². The van der Waals surface area contributed by atoms with Gasteiger partial charge in [0, 0.05) is 11.6 Å². The first-order valence-electron chi connectivity index (χ1n) is 6.27. The first-order valence-corrected chi connectivity index (χ1v) is 6.27. The van der Waals surface area contributed by atoms with Crippen molar-refractivity contribution < 1.29 is 9.72 Å². The highest BCUT2D eigenvalue weighted by molar-refractivity contribution is 5.84. The van der Waals surface area contributed by atoms with Crippen LogP contribution in [0.3, 0.4) is 0 Å². The number of amides is 1. The molecule has 0 aliphatic rings. The molecule has 0 spiro atoms. The van der Waals surface area contributed by atoms with Crippen LogP contribution < -0.4 is 5.43 Å². The minimum Gasteiger partial charge on any atom is -0.390 e. The van der Waals surface area contributed by atoms with Crippen LogP contribution in [0.25, 0.3) is 0 Å². The highest BCUT2D eigenvalue weighted by atomic mass is 16.6. The van der Waals surface area contributed by atoms with E-state index < -0.39 is 10.9 Å². The number of tetrazole rings is 1. The molecule has 0 bridgehead atoms. The lowest BCUT2D eigenvalue weighted by Gasteiger charge is -2.00. The fourth-order valence-corrected chi connectivity index (χ4v) is 1.36. The third-order valence-corrected chi connectivity index (χ3v) is 2.35. The quantitative estimate of drug-likeness (QED) is 0.323. The van der Waals surface area contributed by atoms with Gasteiger partial charge in [0.1, 0.15) is 6.54 Å². The highest BCUT2D eigenvalue weighted by Crippen LogP contribution is 1.99. The topological polar surface area (TPSA) is 128 Å². The Hall–Kier alpha value is -2.39. The highest BCUT2D eigenvalue weighted by Gasteiger charge is 2.15. The van der Waals surface area contributed by atoms with Crippen LogP contribution in [-0.4, -0.2) is 36.7 Å². The van der Waals surface area contributed by atoms with Crippen molar-refractivity contribution in [2.75, 3.05) is 0 Å². The molecule has 0 unspecified atom stereocenters. The second kappa shape index (κ2) is 7.92. The van der Waals surface area contributed by atoms with Gasteiger partial charge in [0.05, 0.1) is 15.9 Å². The molecular formula is C10H17N7O3. The molecule has 0 aliphatic heterocycles. The zero-order chi connectivity index (χ0) is 15.0. The summed E-state index contributed by atoms with van der Waals surface area (Å²) in [7, 11) is 0. The average molecular weight is 283 g/mol. The van der Waals surface area contributed by atoms with Crippen molar-refractivity contribution in [3.63, 3.8) is 0 Å². The number of hydrogen-bond donors (Lipinski definition) is 1. The maximum atomic E-state index is 11.4. The fraction of sp³-hybridized carbons (Fsp3) is 0.700. The van der Waals surface area contributed by atoms with Crippen molar-refractivity contribution in [2.45, 2.75) is 46.1 Å². The number of hydrogen-bond acceptors (Lipinski definition) is 7. The number of hydrazone groups is 1. The Morgan fingerprint density at radius 1 is 1.50 bits per heavy atom. The zero-order valence-electron chi connectivity index (χ0n) is 11.4. The summed E-state index contributed by atoms with van der Waals surface area (Å²) in [6.07, 6.45) is 3.31. The molecule has 10 heteroatoms. The molecule has 1 rings (SSSR count). The van der Waals surface area contributed by atoms with Gasteiger partial charge in [-0.3, -0.25) is 4.79 Å². The molecule has 20 heavy (non-hydrogen) atoms. The number of carbonyl (C=O) groups excluding carboxylic acids is 1. The van der Waals surface area contributed by atoms with Crippen LogP contribution in [0.15, 0.2) is 5.10 Å². The lowest BCUT2D eigenvalue weighted by atomic mass is 10.2. The summed E-state index contributed by atoms with van der Waals surface area (Å²) in [6.45, 7) is 3.84. The fourth-order valence-electron chi connectivity index (χ4n) is 1.36. The van der Waals surface area contributed by atoms with Gasteiger partial charge in [0.2, 0.25) is 5.91 Å². The van der Waals surface area contributed by atoms with Crippen molar-refractivity contribution >= 4 is 17.6 Å². The summed E-state index contributed by atoms with van der Waals surface area (Å²) in [5, 5.41) is 24.6. The maximum Gasteiger partial charge on any atom is 0.514 e. The van der Waals surface area contributed by atoms with Crippen LogP contribution in [0.2, 0.25) is 0 Å². The van der Waals surface area contributed by atoms with E-state index in [1.807, 2.05) is 0 Å². The summed E-state index contributed by atoms with van der Waals surface area (Å²) < 4.78 is 0. The Labute approximate surface area is 115 Å². The predicted molar refractivity (Wildman–Crippen MR) is 69.9 cm³/mol. The normalized spacial score (nSPS) is 11.4. The third kappa shape index (κ3) is 5.50. The number of aromatic nitrogens is 4. The van der Waals surface area contributed by atoms with E-state index in [-0.39, 0.29) is 12.5 Å². The Morgan fingerprint density at radius 2 is 2.25 bits per heavy atom. The SMILES string of the molecule is CCCCCC(=O)N/N=C(\C)Cn1nnc([N+](=O)[O-])n1. The molecule has 1 N–H and O–H groups in total. The smallest absolute Gasteiger partial charge is 0.390 e. The van der Waals surface area contributed by atoms with Crippen molar-refractivity contribution in [3.05, 3.63) is 10.1 Å². The molecule has 0 aromatic carbocycles. The van der Waals surface area contributed by atoms with Crippen LogP contribution in [0.5, 0.6) is 0 Å². The summed E-state index contributed by atoms with van der Waals surface area (Å²) in [6, 6.07) is 0. The second-order valence-corrected chi connectivity index (χ2v) is 4.22. The Bertz CT molecular complexity index is 497. The third-order valence-electron chi connectivity index (χ3n) is 2.35. The minimum atomic E-state index is -0.731. The molecule has 0 radical (unpaired) electrons. The predicted octanol–water partition coefficient (Wildman–Crippen LogP) is 0.654. The summed E-state index contributed by atoms with van der Waals surface area (Å²) >= 11 is 0. The van der Waals surface area contributed by atoms with E-state index in [1.165, 1.54) is 0 Å². The van der Waals surface area contributed by atoms with Crippen molar-refractivity contribution in [1.29, 1.82) is 0 Å². The van der Waals surface area contributed by atoms with Crippen molar-refractivity contribution in [2.24, 2.45) is 5.10 Å². The molecule has 0 aliphatic carbocycles. The van der Waals surface area contributed by atoms with Gasteiger partial charge in [-0.05, 0) is 18.3 Å². The zero-order valence-corrected chi connectivity index (χ0v) is 11.4. The van der Waals surface area contributed by atoms with Crippen LogP contribution in [0, 0.1) is 10.1 Å². The molecule has 1 aromatic heterocycles. The van der Waals surface area contributed by atoms with Gasteiger partial charge in [-0.1, -0.05) is 24.6 Å². The first kappa shape index (κ1) is 15.7. The Kier molecular flexibility index (Phi) is 6.20. The Morgan fingerprint density at radius 3 is 2.85 bits per heavy atom. The van der Waals surface area contributed by atoms with Crippen LogP contribution in [0.1, 0.15) is 39.5 Å². The Balaban J connectivity index is 2.40. The van der Waals surface area contributed by atoms with E-state index in [4.69, 9.17) is 0 Å². The minimum absolute atomic E-state index is 0.121. The van der Waals surface area contributed by atoms with E-state index in [2.05, 4.69) is 32.9 Å². The van der Waals surface area contributed by atoms with E-state index in [0.29, 0.717) is 12.1 Å². The molecule has 110 valence electrons. The van der Waals surface area contributed by atoms with E-state index >= 15 is 0 Å². The molecule has 0 saturated heterocycles. The molecule has 0 saturated carbocycles. The molecule has 0 fully saturated rings. The summed E-state index contributed by atoms with van der Waals surface area (Å²) in [5.74, 6) is -0.725. The molecule has 1 heterocycles. The number of carbonyl (C=O) groups is 1. The van der Waals surface area contributed by atoms with Gasteiger partial charge in [-0.2, -0.15) is 5.10 Å². The molecule has 1 aromatic rings. The maximum absolute atomic E-state index is 11.4. The van der Waals surface area contributed by atoms with Crippen LogP contribution in [-0.2, 0) is 11.3 Å². The van der Waals surface area contributed by atoms with Gasteiger partial charge >= 0.3 is 5.95 Å². The summed E-state index contributed by atoms with van der Waals surface area (Å²) in [4.78, 5) is 22.1. The van der Waals surface area contributed by atoms with E-state index in [1.54, 1.807) is 6.92 Å². The number of unbranched alkanes of at least 4 members (excludes halogenated alkanes) is 2. The first-order chi connectivity index (χ1) is 9.52. The van der Waals surface area contributed by atoms with Gasteiger partial charge in [0.25, 0.3) is 0 Å². The lowest BCUT2D eigenvalue weighted by Crippen LogP contribution is -2.20. The van der Waals surface area contributed by atoms with Gasteiger partial charge < -0.3 is 10.1 Å². The standard InChI is InChI=1S/C10H17N7O3/c1-3-4-5-6-9(18)12-11-8(2)7-16-14-10(13-15-16)17(19)20/h3-7H2,1-2H3,(H,12,18)/b11-8+. The largest absolute Gasteiger partial charge is 0.514 e.